The maximum Gasteiger partial charge on any atom is 0.339 e. The van der Waals surface area contributed by atoms with E-state index in [1.165, 1.54) is 24.5 Å². The standard InChI is InChI=1S/C19H22N2O4/c1-14(2)12-17(15-6-4-3-5-7-15)20-18(22)13-25-19(23)16-8-10-21(24)11-9-16/h3-11,14,17H,12-13H2,1-2H3,(H,20,22)/t17-/m1/s1. The van der Waals surface area contributed by atoms with E-state index in [-0.39, 0.29) is 24.1 Å². The van der Waals surface area contributed by atoms with Crippen LogP contribution in [0.3, 0.4) is 0 Å². The number of hydrogen-bond acceptors (Lipinski definition) is 4. The Morgan fingerprint density at radius 1 is 1.12 bits per heavy atom. The lowest BCUT2D eigenvalue weighted by Gasteiger charge is -2.21. The largest absolute Gasteiger partial charge is 0.619 e. The number of nitrogens with zero attached hydrogens (tertiary/aromatic N) is 1. The van der Waals surface area contributed by atoms with Crippen molar-refractivity contribution in [1.82, 2.24) is 5.32 Å². The topological polar surface area (TPSA) is 82.3 Å². The highest BCUT2D eigenvalue weighted by Crippen LogP contribution is 2.20. The first-order valence-electron chi connectivity index (χ1n) is 8.16. The second-order valence-corrected chi connectivity index (χ2v) is 6.18. The quantitative estimate of drug-likeness (QED) is 0.476. The fraction of sp³-hybridized carbons (Fsp3) is 0.316. The van der Waals surface area contributed by atoms with Crippen molar-refractivity contribution in [2.24, 2.45) is 5.92 Å². The molecule has 1 atom stereocenters. The molecule has 0 fully saturated rings. The van der Waals surface area contributed by atoms with E-state index in [1.807, 2.05) is 30.3 Å². The summed E-state index contributed by atoms with van der Waals surface area (Å²) in [6, 6.07) is 12.2. The van der Waals surface area contributed by atoms with Gasteiger partial charge in [-0.15, -0.1) is 0 Å². The van der Waals surface area contributed by atoms with E-state index >= 15 is 0 Å². The van der Waals surface area contributed by atoms with E-state index in [2.05, 4.69) is 19.2 Å². The van der Waals surface area contributed by atoms with Crippen molar-refractivity contribution in [3.63, 3.8) is 0 Å². The molecule has 0 saturated heterocycles. The molecule has 0 aliphatic rings. The molecule has 2 rings (SSSR count). The van der Waals surface area contributed by atoms with Gasteiger partial charge in [0, 0.05) is 12.1 Å². The zero-order chi connectivity index (χ0) is 18.2. The highest BCUT2D eigenvalue weighted by atomic mass is 16.5. The highest BCUT2D eigenvalue weighted by molar-refractivity contribution is 5.91. The van der Waals surface area contributed by atoms with Crippen LogP contribution in [-0.4, -0.2) is 18.5 Å². The number of carbonyl (C=O) groups excluding carboxylic acids is 2. The zero-order valence-corrected chi connectivity index (χ0v) is 14.3. The van der Waals surface area contributed by atoms with Crippen molar-refractivity contribution < 1.29 is 19.1 Å². The first kappa shape index (κ1) is 18.4. The summed E-state index contributed by atoms with van der Waals surface area (Å²) >= 11 is 0. The van der Waals surface area contributed by atoms with Gasteiger partial charge in [0.25, 0.3) is 5.91 Å². The van der Waals surface area contributed by atoms with Crippen LogP contribution in [0.1, 0.15) is 42.2 Å². The van der Waals surface area contributed by atoms with Crippen molar-refractivity contribution in [3.8, 4) is 0 Å². The summed E-state index contributed by atoms with van der Waals surface area (Å²) < 4.78 is 5.58. The Bertz CT molecular complexity index is 699. The van der Waals surface area contributed by atoms with E-state index in [0.29, 0.717) is 10.6 Å². The van der Waals surface area contributed by atoms with Crippen LogP contribution in [0.2, 0.25) is 0 Å². The van der Waals surface area contributed by atoms with E-state index < -0.39 is 5.97 Å². The molecule has 1 aromatic heterocycles. The molecule has 0 aliphatic heterocycles. The van der Waals surface area contributed by atoms with Gasteiger partial charge in [0.1, 0.15) is 0 Å². The predicted octanol–water partition coefficient (Wildman–Crippen LogP) is 2.38. The van der Waals surface area contributed by atoms with Gasteiger partial charge in [-0.05, 0) is 17.9 Å². The number of rotatable bonds is 7. The van der Waals surface area contributed by atoms with Crippen LogP contribution in [0.15, 0.2) is 54.9 Å². The van der Waals surface area contributed by atoms with Gasteiger partial charge >= 0.3 is 5.97 Å². The van der Waals surface area contributed by atoms with Crippen molar-refractivity contribution in [2.75, 3.05) is 6.61 Å². The van der Waals surface area contributed by atoms with Crippen molar-refractivity contribution in [2.45, 2.75) is 26.3 Å². The summed E-state index contributed by atoms with van der Waals surface area (Å²) in [4.78, 5) is 24.0. The average Bonchev–Trinajstić information content (AvgIpc) is 2.60. The van der Waals surface area contributed by atoms with Crippen LogP contribution in [0.5, 0.6) is 0 Å². The minimum absolute atomic E-state index is 0.136. The van der Waals surface area contributed by atoms with Crippen LogP contribution >= 0.6 is 0 Å². The Morgan fingerprint density at radius 2 is 1.76 bits per heavy atom. The molecule has 0 saturated carbocycles. The third-order valence-electron chi connectivity index (χ3n) is 3.62. The Morgan fingerprint density at radius 3 is 2.36 bits per heavy atom. The van der Waals surface area contributed by atoms with Gasteiger partial charge in [0.05, 0.1) is 11.6 Å². The van der Waals surface area contributed by atoms with Gasteiger partial charge in [-0.2, -0.15) is 4.73 Å². The van der Waals surface area contributed by atoms with Gasteiger partial charge in [-0.25, -0.2) is 4.79 Å². The predicted molar refractivity (Wildman–Crippen MR) is 92.5 cm³/mol. The zero-order valence-electron chi connectivity index (χ0n) is 14.3. The van der Waals surface area contributed by atoms with Crippen LogP contribution in [0, 0.1) is 11.1 Å². The molecular formula is C19H22N2O4. The van der Waals surface area contributed by atoms with E-state index in [4.69, 9.17) is 4.74 Å². The number of pyridine rings is 1. The Hall–Kier alpha value is -2.89. The molecule has 6 heteroatoms. The van der Waals surface area contributed by atoms with Crippen molar-refractivity contribution in [1.29, 1.82) is 0 Å². The highest BCUT2D eigenvalue weighted by Gasteiger charge is 2.17. The number of nitrogens with one attached hydrogen (secondary N) is 1. The number of hydrogen-bond donors (Lipinski definition) is 1. The first-order valence-corrected chi connectivity index (χ1v) is 8.16. The SMILES string of the molecule is CC(C)C[C@@H](NC(=O)COC(=O)c1cc[n+]([O-])cc1)c1ccccc1. The molecule has 1 heterocycles. The van der Waals surface area contributed by atoms with Gasteiger partial charge < -0.3 is 15.3 Å². The summed E-state index contributed by atoms with van der Waals surface area (Å²) in [5.41, 5.74) is 1.24. The lowest BCUT2D eigenvalue weighted by Crippen LogP contribution is -2.33. The second kappa shape index (κ2) is 8.82. The van der Waals surface area contributed by atoms with Crippen LogP contribution in [0.25, 0.3) is 0 Å². The molecule has 0 radical (unpaired) electrons. The van der Waals surface area contributed by atoms with Gasteiger partial charge in [0.15, 0.2) is 19.0 Å². The lowest BCUT2D eigenvalue weighted by molar-refractivity contribution is -0.605. The number of benzene rings is 1. The minimum Gasteiger partial charge on any atom is -0.619 e. The molecule has 1 amide bonds. The third-order valence-corrected chi connectivity index (χ3v) is 3.62. The third kappa shape index (κ3) is 5.91. The van der Waals surface area contributed by atoms with Gasteiger partial charge in [-0.3, -0.25) is 4.79 Å². The summed E-state index contributed by atoms with van der Waals surface area (Å²) in [5, 5.41) is 13.9. The fourth-order valence-electron chi connectivity index (χ4n) is 2.43. The molecule has 132 valence electrons. The minimum atomic E-state index is -0.643. The smallest absolute Gasteiger partial charge is 0.339 e. The summed E-state index contributed by atoms with van der Waals surface area (Å²) in [5.74, 6) is -0.607. The van der Waals surface area contributed by atoms with Gasteiger partial charge in [-0.1, -0.05) is 44.2 Å². The molecule has 25 heavy (non-hydrogen) atoms. The summed E-state index contributed by atoms with van der Waals surface area (Å²) in [6.07, 6.45) is 3.18. The van der Waals surface area contributed by atoms with Crippen LogP contribution in [0.4, 0.5) is 0 Å². The number of aromatic nitrogens is 1. The number of esters is 1. The maximum atomic E-state index is 12.2. The number of carbonyl (C=O) groups is 2. The lowest BCUT2D eigenvalue weighted by atomic mass is 9.97. The van der Waals surface area contributed by atoms with Crippen molar-refractivity contribution >= 4 is 11.9 Å². The number of amides is 1. The Labute approximate surface area is 147 Å². The van der Waals surface area contributed by atoms with Crippen LogP contribution in [-0.2, 0) is 9.53 Å². The molecule has 0 unspecified atom stereocenters. The first-order chi connectivity index (χ1) is 12.0. The molecule has 0 aliphatic carbocycles. The van der Waals surface area contributed by atoms with Crippen LogP contribution < -0.4 is 10.0 Å². The molecule has 1 aromatic carbocycles. The van der Waals surface area contributed by atoms with E-state index in [9.17, 15) is 14.8 Å². The van der Waals surface area contributed by atoms with Gasteiger partial charge in [0.2, 0.25) is 0 Å². The normalized spacial score (nSPS) is 11.8. The monoisotopic (exact) mass is 342 g/mol. The molecule has 6 nitrogen and oxygen atoms in total. The molecular weight excluding hydrogens is 320 g/mol. The van der Waals surface area contributed by atoms with E-state index in [0.717, 1.165) is 12.0 Å². The molecule has 1 N–H and O–H groups in total. The average molecular weight is 342 g/mol. The van der Waals surface area contributed by atoms with E-state index in [1.54, 1.807) is 0 Å². The Balaban J connectivity index is 1.92. The molecule has 0 spiro atoms. The Kier molecular flexibility index (Phi) is 6.51. The van der Waals surface area contributed by atoms with Crippen molar-refractivity contribution in [3.05, 3.63) is 71.2 Å². The summed E-state index contributed by atoms with van der Waals surface area (Å²) in [6.45, 7) is 3.80. The number of ether oxygens (including phenoxy) is 1. The second-order valence-electron chi connectivity index (χ2n) is 6.18. The maximum absolute atomic E-state index is 12.2. The summed E-state index contributed by atoms with van der Waals surface area (Å²) in [7, 11) is 0. The molecule has 2 aromatic rings. The molecule has 0 bridgehead atoms. The fourth-order valence-corrected chi connectivity index (χ4v) is 2.43.